The van der Waals surface area contributed by atoms with Crippen molar-refractivity contribution in [1.29, 1.82) is 0 Å². The maximum atomic E-state index is 10.3. The molecule has 0 saturated heterocycles. The molecule has 0 aliphatic heterocycles. The van der Waals surface area contributed by atoms with Crippen LogP contribution in [-0.2, 0) is 12.8 Å². The predicted molar refractivity (Wildman–Crippen MR) is 74.2 cm³/mol. The van der Waals surface area contributed by atoms with E-state index in [1.807, 2.05) is 0 Å². The summed E-state index contributed by atoms with van der Waals surface area (Å²) in [6.45, 7) is 8.67. The molecule has 1 N–H and O–H groups in total. The van der Waals surface area contributed by atoms with Crippen LogP contribution in [0.3, 0.4) is 0 Å². The highest BCUT2D eigenvalue weighted by molar-refractivity contribution is 5.33. The molecule has 1 aromatic rings. The molecule has 0 aromatic heterocycles. The van der Waals surface area contributed by atoms with Gasteiger partial charge in [0, 0.05) is 0 Å². The van der Waals surface area contributed by atoms with E-state index in [4.69, 9.17) is 0 Å². The number of aryl methyl sites for hydroxylation is 2. The Kier molecular flexibility index (Phi) is 5.70. The van der Waals surface area contributed by atoms with E-state index in [2.05, 4.69) is 45.9 Å². The topological polar surface area (TPSA) is 20.2 Å². The first-order valence-corrected chi connectivity index (χ1v) is 6.93. The highest BCUT2D eigenvalue weighted by Gasteiger charge is 2.16. The van der Waals surface area contributed by atoms with Crippen LogP contribution in [0.2, 0.25) is 0 Å². The fraction of sp³-hybridized carbons (Fsp3) is 0.625. The van der Waals surface area contributed by atoms with Crippen LogP contribution in [0.1, 0.15) is 63.3 Å². The standard InChI is InChI=1S/C16H26O/c1-5-8-12(4)16(17)15-10-9-13(6-2)14(7-3)11-15/h9-12,16-17H,5-8H2,1-4H3. The second-order valence-electron chi connectivity index (χ2n) is 4.95. The molecule has 1 rings (SSSR count). The van der Waals surface area contributed by atoms with Crippen molar-refractivity contribution in [2.75, 3.05) is 0 Å². The van der Waals surface area contributed by atoms with Crippen LogP contribution in [0.25, 0.3) is 0 Å². The molecule has 0 amide bonds. The molecule has 2 atom stereocenters. The van der Waals surface area contributed by atoms with E-state index in [9.17, 15) is 5.11 Å². The van der Waals surface area contributed by atoms with Crippen LogP contribution in [0.5, 0.6) is 0 Å². The lowest BCUT2D eigenvalue weighted by Gasteiger charge is -2.20. The normalized spacial score (nSPS) is 14.6. The summed E-state index contributed by atoms with van der Waals surface area (Å²) in [6, 6.07) is 6.46. The molecule has 96 valence electrons. The van der Waals surface area contributed by atoms with Gasteiger partial charge in [0.05, 0.1) is 6.10 Å². The Morgan fingerprint density at radius 1 is 1.06 bits per heavy atom. The van der Waals surface area contributed by atoms with E-state index in [-0.39, 0.29) is 6.10 Å². The number of aliphatic hydroxyl groups is 1. The minimum absolute atomic E-state index is 0.314. The molecule has 1 nitrogen and oxygen atoms in total. The summed E-state index contributed by atoms with van der Waals surface area (Å²) < 4.78 is 0. The van der Waals surface area contributed by atoms with Crippen LogP contribution in [0.4, 0.5) is 0 Å². The van der Waals surface area contributed by atoms with Gasteiger partial charge in [-0.3, -0.25) is 0 Å². The maximum Gasteiger partial charge on any atom is 0.0815 e. The minimum Gasteiger partial charge on any atom is -0.388 e. The third-order valence-electron chi connectivity index (χ3n) is 3.62. The monoisotopic (exact) mass is 234 g/mol. The zero-order valence-corrected chi connectivity index (χ0v) is 11.7. The first-order chi connectivity index (χ1) is 8.13. The highest BCUT2D eigenvalue weighted by Crippen LogP contribution is 2.27. The molecular formula is C16H26O. The van der Waals surface area contributed by atoms with Gasteiger partial charge in [-0.05, 0) is 41.9 Å². The Morgan fingerprint density at radius 3 is 2.24 bits per heavy atom. The molecule has 0 spiro atoms. The van der Waals surface area contributed by atoms with E-state index in [1.165, 1.54) is 11.1 Å². The van der Waals surface area contributed by atoms with Crippen LogP contribution in [-0.4, -0.2) is 5.11 Å². The average molecular weight is 234 g/mol. The SMILES string of the molecule is CCCC(C)C(O)c1ccc(CC)c(CC)c1. The van der Waals surface area contributed by atoms with Gasteiger partial charge in [-0.2, -0.15) is 0 Å². The van der Waals surface area contributed by atoms with Crippen molar-refractivity contribution in [3.05, 3.63) is 34.9 Å². The number of rotatable bonds is 6. The van der Waals surface area contributed by atoms with Gasteiger partial charge >= 0.3 is 0 Å². The zero-order chi connectivity index (χ0) is 12.8. The van der Waals surface area contributed by atoms with Gasteiger partial charge < -0.3 is 5.11 Å². The van der Waals surface area contributed by atoms with Crippen molar-refractivity contribution >= 4 is 0 Å². The Hall–Kier alpha value is -0.820. The zero-order valence-electron chi connectivity index (χ0n) is 11.7. The third kappa shape index (κ3) is 3.57. The Bertz CT molecular complexity index is 343. The second-order valence-corrected chi connectivity index (χ2v) is 4.95. The number of hydrogen-bond donors (Lipinski definition) is 1. The third-order valence-corrected chi connectivity index (χ3v) is 3.62. The van der Waals surface area contributed by atoms with Crippen molar-refractivity contribution in [3.8, 4) is 0 Å². The fourth-order valence-corrected chi connectivity index (χ4v) is 2.45. The van der Waals surface area contributed by atoms with Crippen molar-refractivity contribution in [3.63, 3.8) is 0 Å². The summed E-state index contributed by atoms with van der Waals surface area (Å²) >= 11 is 0. The first kappa shape index (κ1) is 14.2. The van der Waals surface area contributed by atoms with E-state index < -0.39 is 0 Å². The number of aliphatic hydroxyl groups excluding tert-OH is 1. The van der Waals surface area contributed by atoms with Crippen LogP contribution >= 0.6 is 0 Å². The van der Waals surface area contributed by atoms with E-state index >= 15 is 0 Å². The summed E-state index contributed by atoms with van der Waals surface area (Å²) in [4.78, 5) is 0. The molecule has 1 aromatic carbocycles. The molecule has 0 heterocycles. The first-order valence-electron chi connectivity index (χ1n) is 6.93. The molecule has 0 radical (unpaired) electrons. The van der Waals surface area contributed by atoms with E-state index in [1.54, 1.807) is 0 Å². The Labute approximate surface area is 106 Å². The largest absolute Gasteiger partial charge is 0.388 e. The van der Waals surface area contributed by atoms with Gasteiger partial charge in [-0.25, -0.2) is 0 Å². The molecule has 0 aliphatic carbocycles. The Morgan fingerprint density at radius 2 is 1.71 bits per heavy atom. The van der Waals surface area contributed by atoms with Crippen molar-refractivity contribution < 1.29 is 5.11 Å². The highest BCUT2D eigenvalue weighted by atomic mass is 16.3. The van der Waals surface area contributed by atoms with Crippen molar-refractivity contribution in [2.24, 2.45) is 5.92 Å². The molecule has 1 heteroatoms. The lowest BCUT2D eigenvalue weighted by Crippen LogP contribution is -2.09. The molecule has 17 heavy (non-hydrogen) atoms. The molecule has 2 unspecified atom stereocenters. The lowest BCUT2D eigenvalue weighted by atomic mass is 9.90. The molecule has 0 fully saturated rings. The number of benzene rings is 1. The summed E-state index contributed by atoms with van der Waals surface area (Å²) in [5, 5.41) is 10.3. The molecule has 0 saturated carbocycles. The molecular weight excluding hydrogens is 208 g/mol. The van der Waals surface area contributed by atoms with Crippen LogP contribution in [0, 0.1) is 5.92 Å². The van der Waals surface area contributed by atoms with Crippen molar-refractivity contribution in [1.82, 2.24) is 0 Å². The quantitative estimate of drug-likeness (QED) is 0.779. The smallest absolute Gasteiger partial charge is 0.0815 e. The van der Waals surface area contributed by atoms with Crippen molar-refractivity contribution in [2.45, 2.75) is 59.5 Å². The second kappa shape index (κ2) is 6.80. The van der Waals surface area contributed by atoms with E-state index in [0.29, 0.717) is 5.92 Å². The average Bonchev–Trinajstić information content (AvgIpc) is 2.37. The van der Waals surface area contributed by atoms with Gasteiger partial charge in [-0.1, -0.05) is 52.3 Å². The van der Waals surface area contributed by atoms with Gasteiger partial charge in [0.25, 0.3) is 0 Å². The van der Waals surface area contributed by atoms with Gasteiger partial charge in [-0.15, -0.1) is 0 Å². The lowest BCUT2D eigenvalue weighted by molar-refractivity contribution is 0.112. The maximum absolute atomic E-state index is 10.3. The Balaban J connectivity index is 2.91. The molecule has 0 bridgehead atoms. The number of hydrogen-bond acceptors (Lipinski definition) is 1. The summed E-state index contributed by atoms with van der Waals surface area (Å²) in [5.74, 6) is 0.345. The van der Waals surface area contributed by atoms with Crippen LogP contribution < -0.4 is 0 Å². The summed E-state index contributed by atoms with van der Waals surface area (Å²) in [5.41, 5.74) is 3.87. The summed E-state index contributed by atoms with van der Waals surface area (Å²) in [6.07, 6.45) is 4.02. The van der Waals surface area contributed by atoms with Gasteiger partial charge in [0.15, 0.2) is 0 Å². The predicted octanol–water partition coefficient (Wildman–Crippen LogP) is 4.28. The fourth-order valence-electron chi connectivity index (χ4n) is 2.45. The van der Waals surface area contributed by atoms with Gasteiger partial charge in [0.1, 0.15) is 0 Å². The van der Waals surface area contributed by atoms with Gasteiger partial charge in [0.2, 0.25) is 0 Å². The van der Waals surface area contributed by atoms with Crippen LogP contribution in [0.15, 0.2) is 18.2 Å². The minimum atomic E-state index is -0.314. The summed E-state index contributed by atoms with van der Waals surface area (Å²) in [7, 11) is 0. The van der Waals surface area contributed by atoms with E-state index in [0.717, 1.165) is 31.2 Å². The molecule has 0 aliphatic rings.